The molecule has 1 atom stereocenters. The van der Waals surface area contributed by atoms with Gasteiger partial charge < -0.3 is 20.4 Å². The summed E-state index contributed by atoms with van der Waals surface area (Å²) in [5, 5.41) is 5.46. The van der Waals surface area contributed by atoms with E-state index >= 15 is 0 Å². The van der Waals surface area contributed by atoms with E-state index in [4.69, 9.17) is 0 Å². The maximum atomic E-state index is 12.3. The monoisotopic (exact) mass is 398 g/mol. The second kappa shape index (κ2) is 10.6. The van der Waals surface area contributed by atoms with Crippen LogP contribution >= 0.6 is 0 Å². The van der Waals surface area contributed by atoms with Gasteiger partial charge in [-0.1, -0.05) is 6.07 Å². The number of carbonyl (C=O) groups excluding carboxylic acids is 2. The Balaban J connectivity index is 1.56. The molecule has 8 heteroatoms. The van der Waals surface area contributed by atoms with E-state index in [2.05, 4.69) is 27.5 Å². The zero-order chi connectivity index (χ0) is 20.5. The number of likely N-dealkylation sites (N-methyl/N-ethyl adjacent to an activating group) is 1. The molecule has 3 heterocycles. The van der Waals surface area contributed by atoms with Crippen molar-refractivity contribution in [1.82, 2.24) is 20.6 Å². The van der Waals surface area contributed by atoms with Gasteiger partial charge in [0.15, 0.2) is 0 Å². The fourth-order valence-electron chi connectivity index (χ4n) is 3.75. The van der Waals surface area contributed by atoms with Gasteiger partial charge in [-0.15, -0.1) is 0 Å². The molecule has 1 aliphatic heterocycles. The van der Waals surface area contributed by atoms with Gasteiger partial charge >= 0.3 is 11.8 Å². The highest BCUT2D eigenvalue weighted by molar-refractivity contribution is 6.35. The van der Waals surface area contributed by atoms with Crippen LogP contribution in [0.1, 0.15) is 24.1 Å². The molecule has 0 unspecified atom stereocenters. The van der Waals surface area contributed by atoms with Gasteiger partial charge in [-0.2, -0.15) is 0 Å². The van der Waals surface area contributed by atoms with Crippen LogP contribution < -0.4 is 20.4 Å². The highest BCUT2D eigenvalue weighted by atomic mass is 16.2. The molecule has 4 N–H and O–H groups in total. The Bertz CT molecular complexity index is 778. The first-order valence-corrected chi connectivity index (χ1v) is 10.2. The summed E-state index contributed by atoms with van der Waals surface area (Å²) in [5.41, 5.74) is 1.93. The van der Waals surface area contributed by atoms with Crippen LogP contribution in [0.2, 0.25) is 0 Å². The fourth-order valence-corrected chi connectivity index (χ4v) is 3.75. The number of hydrogen-bond acceptors (Lipinski definition) is 4. The fraction of sp³-hybridized carbons (Fsp3) is 0.429. The summed E-state index contributed by atoms with van der Waals surface area (Å²) in [6.07, 6.45) is 6.93. The Morgan fingerprint density at radius 1 is 1.00 bits per heavy atom. The summed E-state index contributed by atoms with van der Waals surface area (Å²) in [6, 6.07) is 7.68. The normalized spacial score (nSPS) is 19.9. The number of rotatable bonds is 7. The quantitative estimate of drug-likeness (QED) is 0.397. The lowest BCUT2D eigenvalue weighted by Gasteiger charge is -2.34. The van der Waals surface area contributed by atoms with Gasteiger partial charge in [0.2, 0.25) is 0 Å². The molecule has 154 valence electrons. The first-order valence-electron chi connectivity index (χ1n) is 10.2. The minimum absolute atomic E-state index is 0.0807. The highest BCUT2D eigenvalue weighted by Gasteiger charge is 2.31. The molecule has 0 spiro atoms. The van der Waals surface area contributed by atoms with Gasteiger partial charge in [0.25, 0.3) is 0 Å². The second-order valence-electron chi connectivity index (χ2n) is 7.35. The van der Waals surface area contributed by atoms with Crippen LogP contribution in [0.4, 0.5) is 0 Å². The number of piperazine rings is 1. The average Bonchev–Trinajstić information content (AvgIpc) is 2.79. The molecule has 0 aromatic carbocycles. The van der Waals surface area contributed by atoms with Crippen molar-refractivity contribution in [3.05, 3.63) is 60.2 Å². The largest absolute Gasteiger partial charge is 0.344 e. The van der Waals surface area contributed by atoms with Crippen molar-refractivity contribution < 1.29 is 19.4 Å². The third kappa shape index (κ3) is 6.07. The molecule has 0 aliphatic carbocycles. The Kier molecular flexibility index (Phi) is 7.66. The summed E-state index contributed by atoms with van der Waals surface area (Å²) in [7, 11) is 0. The van der Waals surface area contributed by atoms with Gasteiger partial charge in [-0.25, -0.2) is 0 Å². The maximum Gasteiger partial charge on any atom is 0.309 e. The third-order valence-corrected chi connectivity index (χ3v) is 5.53. The Morgan fingerprint density at radius 2 is 1.69 bits per heavy atom. The summed E-state index contributed by atoms with van der Waals surface area (Å²) >= 11 is 0. The molecule has 1 saturated heterocycles. The van der Waals surface area contributed by atoms with Crippen molar-refractivity contribution >= 4 is 11.8 Å². The number of nitrogens with zero attached hydrogens (tertiary/aromatic N) is 2. The summed E-state index contributed by atoms with van der Waals surface area (Å²) in [5.74, 6) is -1.24. The smallest absolute Gasteiger partial charge is 0.309 e. The Labute approximate surface area is 171 Å². The topological polar surface area (TPSA) is 92.9 Å². The molecule has 29 heavy (non-hydrogen) atoms. The third-order valence-electron chi connectivity index (χ3n) is 5.53. The highest BCUT2D eigenvalue weighted by Crippen LogP contribution is 2.07. The Hall–Kier alpha value is -2.84. The van der Waals surface area contributed by atoms with Gasteiger partial charge in [0.1, 0.15) is 32.2 Å². The van der Waals surface area contributed by atoms with Crippen LogP contribution in [-0.2, 0) is 16.1 Å². The summed E-state index contributed by atoms with van der Waals surface area (Å²) in [4.78, 5) is 35.7. The minimum atomic E-state index is -0.631. The molecular formula is C21H30N6O2+2. The van der Waals surface area contributed by atoms with Crippen LogP contribution in [-0.4, -0.2) is 61.1 Å². The maximum absolute atomic E-state index is 12.3. The van der Waals surface area contributed by atoms with E-state index in [-0.39, 0.29) is 12.6 Å². The molecular weight excluding hydrogens is 368 g/mol. The van der Waals surface area contributed by atoms with Crippen molar-refractivity contribution in [3.8, 4) is 0 Å². The van der Waals surface area contributed by atoms with Crippen LogP contribution in [0.25, 0.3) is 0 Å². The minimum Gasteiger partial charge on any atom is -0.344 e. The molecule has 0 radical (unpaired) electrons. The van der Waals surface area contributed by atoms with Crippen molar-refractivity contribution in [2.45, 2.75) is 19.5 Å². The zero-order valence-electron chi connectivity index (χ0n) is 16.9. The summed E-state index contributed by atoms with van der Waals surface area (Å²) in [6.45, 7) is 8.32. The molecule has 2 aromatic heterocycles. The predicted octanol–water partition coefficient (Wildman–Crippen LogP) is -2.25. The number of pyridine rings is 2. The second-order valence-corrected chi connectivity index (χ2v) is 7.35. The first kappa shape index (κ1) is 20.9. The molecule has 3 rings (SSSR count). The van der Waals surface area contributed by atoms with Gasteiger partial charge in [-0.3, -0.25) is 19.6 Å². The number of nitrogens with one attached hydrogen (secondary N) is 4. The van der Waals surface area contributed by atoms with E-state index in [1.165, 1.54) is 4.90 Å². The molecule has 2 aromatic rings. The molecule has 2 amide bonds. The SMILES string of the molecule is CC[NH+]1CC[NH+]([C@@H](CNC(=O)C(=O)NCc2cccnc2)c2cccnc2)CC1. The molecule has 0 saturated carbocycles. The molecule has 0 bridgehead atoms. The molecule has 1 fully saturated rings. The number of carbonyl (C=O) groups is 2. The van der Waals surface area contributed by atoms with E-state index in [0.29, 0.717) is 6.54 Å². The van der Waals surface area contributed by atoms with Crippen LogP contribution in [0.5, 0.6) is 0 Å². The Morgan fingerprint density at radius 3 is 2.31 bits per heavy atom. The number of aromatic nitrogens is 2. The van der Waals surface area contributed by atoms with Crippen molar-refractivity contribution in [1.29, 1.82) is 0 Å². The van der Waals surface area contributed by atoms with Gasteiger partial charge in [0, 0.05) is 36.9 Å². The van der Waals surface area contributed by atoms with E-state index in [0.717, 1.165) is 43.9 Å². The van der Waals surface area contributed by atoms with Crippen LogP contribution in [0.15, 0.2) is 49.1 Å². The predicted molar refractivity (Wildman–Crippen MR) is 108 cm³/mol. The average molecular weight is 399 g/mol. The number of quaternary nitrogens is 2. The lowest BCUT2D eigenvalue weighted by Crippen LogP contribution is -3.28. The lowest BCUT2D eigenvalue weighted by atomic mass is 10.1. The van der Waals surface area contributed by atoms with Crippen molar-refractivity contribution in [3.63, 3.8) is 0 Å². The van der Waals surface area contributed by atoms with E-state index in [9.17, 15) is 9.59 Å². The van der Waals surface area contributed by atoms with Crippen molar-refractivity contribution in [2.24, 2.45) is 0 Å². The standard InChI is InChI=1S/C21H28N6O2/c1-2-26-9-11-27(12-10-26)19(18-6-4-8-23-15-18)16-25-21(29)20(28)24-14-17-5-3-7-22-13-17/h3-8,13,15,19H,2,9-12,14,16H2,1H3,(H,24,28)(H,25,29)/p+2/t19-/m0/s1. The lowest BCUT2D eigenvalue weighted by molar-refractivity contribution is -1.03. The number of hydrogen-bond donors (Lipinski definition) is 4. The summed E-state index contributed by atoms with van der Waals surface area (Å²) < 4.78 is 0. The number of amides is 2. The van der Waals surface area contributed by atoms with E-state index in [1.807, 2.05) is 24.4 Å². The molecule has 8 nitrogen and oxygen atoms in total. The molecule has 1 aliphatic rings. The van der Waals surface area contributed by atoms with Gasteiger partial charge in [0.05, 0.1) is 13.1 Å². The van der Waals surface area contributed by atoms with Crippen LogP contribution in [0, 0.1) is 0 Å². The first-order chi connectivity index (χ1) is 14.2. The van der Waals surface area contributed by atoms with E-state index in [1.54, 1.807) is 29.6 Å². The zero-order valence-corrected chi connectivity index (χ0v) is 16.9. The van der Waals surface area contributed by atoms with Gasteiger partial charge in [-0.05, 0) is 30.7 Å². The van der Waals surface area contributed by atoms with Crippen LogP contribution in [0.3, 0.4) is 0 Å². The van der Waals surface area contributed by atoms with E-state index < -0.39 is 11.8 Å². The van der Waals surface area contributed by atoms with Crippen molar-refractivity contribution in [2.75, 3.05) is 39.3 Å².